The molecular weight excluding hydrogens is 1200 g/mol. The lowest BCUT2D eigenvalue weighted by Gasteiger charge is -2.37. The lowest BCUT2D eigenvalue weighted by molar-refractivity contribution is 0.0737. The smallest absolute Gasteiger partial charge is 0.265 e. The van der Waals surface area contributed by atoms with E-state index < -0.39 is 67.4 Å². The summed E-state index contributed by atoms with van der Waals surface area (Å²) < 4.78 is 102. The molecule has 87 heavy (non-hydrogen) atoms. The van der Waals surface area contributed by atoms with E-state index in [1.165, 1.54) is 30.9 Å². The summed E-state index contributed by atoms with van der Waals surface area (Å²) in [4.78, 5) is 26.5. The third-order valence-electron chi connectivity index (χ3n) is 17.1. The van der Waals surface area contributed by atoms with Crippen molar-refractivity contribution >= 4 is 63.9 Å². The molecule has 2 amide bonds. The Morgan fingerprint density at radius 3 is 1.48 bits per heavy atom. The molecule has 2 atom stereocenters. The number of carbonyl (C=O) groups excluding carboxylic acids is 2. The number of amides is 2. The summed E-state index contributed by atoms with van der Waals surface area (Å²) in [7, 11) is -3.05. The number of fused-ring (bicyclic) bond motifs is 6. The van der Waals surface area contributed by atoms with E-state index in [1.807, 2.05) is 133 Å². The van der Waals surface area contributed by atoms with Gasteiger partial charge in [0.05, 0.1) is 14.5 Å². The van der Waals surface area contributed by atoms with Gasteiger partial charge in [-0.05, 0) is 110 Å². The van der Waals surface area contributed by atoms with Crippen molar-refractivity contribution < 1.29 is 43.3 Å². The number of nitrogens with zero attached hydrogens (tertiary/aromatic N) is 5. The van der Waals surface area contributed by atoms with E-state index >= 15 is 0 Å². The first kappa shape index (κ1) is 68.7. The van der Waals surface area contributed by atoms with Gasteiger partial charge < -0.3 is 4.90 Å². The number of rotatable bonds is 0. The molecular formula is C66H86N6O10S5. The zero-order valence-corrected chi connectivity index (χ0v) is 57.3. The van der Waals surface area contributed by atoms with Crippen LogP contribution in [0.1, 0.15) is 148 Å². The van der Waals surface area contributed by atoms with E-state index in [2.05, 4.69) is 65.8 Å². The second-order valence-corrected chi connectivity index (χ2v) is 36.8. The third kappa shape index (κ3) is 13.6. The Hall–Kier alpha value is -5.75. The molecule has 6 aliphatic heterocycles. The third-order valence-corrected chi connectivity index (χ3v) is 26.7. The van der Waals surface area contributed by atoms with Crippen LogP contribution in [0.2, 0.25) is 0 Å². The van der Waals surface area contributed by atoms with Gasteiger partial charge in [0.1, 0.15) is 31.5 Å². The summed E-state index contributed by atoms with van der Waals surface area (Å²) >= 11 is 0. The first-order valence-corrected chi connectivity index (χ1v) is 35.3. The van der Waals surface area contributed by atoms with Crippen molar-refractivity contribution in [1.82, 2.24) is 26.8 Å². The van der Waals surface area contributed by atoms with Crippen LogP contribution in [0.4, 0.5) is 0 Å². The molecule has 0 radical (unpaired) electrons. The summed E-state index contributed by atoms with van der Waals surface area (Å²) in [5.41, 5.74) is 9.72. The fraction of sp³-hybridized carbons (Fsp3) is 0.424. The van der Waals surface area contributed by atoms with Crippen LogP contribution < -0.4 is 4.72 Å². The van der Waals surface area contributed by atoms with Gasteiger partial charge in [-0.2, -0.15) is 4.31 Å². The average Bonchev–Trinajstić information content (AvgIpc) is 0.980. The van der Waals surface area contributed by atoms with Gasteiger partial charge in [0, 0.05) is 95.3 Å². The number of likely N-dealkylation sites (N-methyl/N-ethyl adjacent to an activating group) is 3. The van der Waals surface area contributed by atoms with Crippen LogP contribution in [0.25, 0.3) is 0 Å². The zero-order valence-electron chi connectivity index (χ0n) is 53.3. The molecule has 0 fully saturated rings. The lowest BCUT2D eigenvalue weighted by atomic mass is 9.78. The van der Waals surface area contributed by atoms with Crippen molar-refractivity contribution in [3.63, 3.8) is 0 Å². The molecule has 470 valence electrons. The van der Waals surface area contributed by atoms with Crippen LogP contribution in [0, 0.1) is 0 Å². The fourth-order valence-electron chi connectivity index (χ4n) is 12.2. The Balaban J connectivity index is 0.000000149. The molecule has 6 heterocycles. The standard InChI is InChI=1S/C12H15NO.2C11H15NO2S.2C11H15NOS.C10H11NO3S/c1-12(2)8-13(3)11(14)9-6-4-5-7-10(9)12;1-11(2)8-12(3)15(13,14)10-7-5-4-6-9(10)11;1-11(2)10-7-5-4-6-9(10)8-12(3)15(11,13)14;1-11(2)8-12(3)14(13)10-7-5-4-6-9(10)11;1-11(2)10-7-5-4-6-9(10)8-12(3)14(11)13;1-10(2)8-6-4-3-5-7(8)9(12)11-15(10,13)14/h4-7H,8H2,1-3H3;2*4-7H,8H2,1-3H3;2*4-7H,8H2,1-3H3;3-6H,1-2H3,(H,11,12). The highest BCUT2D eigenvalue weighted by molar-refractivity contribution is 7.91. The van der Waals surface area contributed by atoms with E-state index in [9.17, 15) is 43.3 Å². The van der Waals surface area contributed by atoms with E-state index in [0.29, 0.717) is 29.1 Å². The minimum atomic E-state index is -3.62. The SMILES string of the molecule is CC1(C)c2ccccc2C(=O)NS1(=O)=O.CN1CC(C)(C)c2ccccc2C1=O.CN1CC(C)(C)c2ccccc2S1(=O)=O.CN1CC(C)(C)c2ccccc2S1=O.CN1Cc2ccccc2C(C)(C)S1(=O)=O.CN1Cc2ccccc2C(C)(C)S1=O. The van der Waals surface area contributed by atoms with Crippen LogP contribution >= 0.6 is 0 Å². The van der Waals surface area contributed by atoms with E-state index in [-0.39, 0.29) is 26.9 Å². The monoisotopic (exact) mass is 1280 g/mol. The van der Waals surface area contributed by atoms with Gasteiger partial charge in [0.2, 0.25) is 30.1 Å². The molecule has 0 spiro atoms. The van der Waals surface area contributed by atoms with Gasteiger partial charge in [-0.1, -0.05) is 163 Å². The highest BCUT2D eigenvalue weighted by Gasteiger charge is 2.46. The quantitative estimate of drug-likeness (QED) is 0.153. The number of sulfonamides is 3. The predicted octanol–water partition coefficient (Wildman–Crippen LogP) is 10.3. The molecule has 0 saturated heterocycles. The minimum absolute atomic E-state index is 0.0687. The number of carbonyl (C=O) groups is 2. The molecule has 21 heteroatoms. The summed E-state index contributed by atoms with van der Waals surface area (Å²) in [6, 6.07) is 45.9. The maximum Gasteiger partial charge on any atom is 0.265 e. The number of benzene rings is 6. The van der Waals surface area contributed by atoms with Gasteiger partial charge in [-0.3, -0.25) is 9.59 Å². The summed E-state index contributed by atoms with van der Waals surface area (Å²) in [6.45, 7) is 27.1. The van der Waals surface area contributed by atoms with Crippen LogP contribution in [-0.4, -0.2) is 122 Å². The van der Waals surface area contributed by atoms with Crippen molar-refractivity contribution in [2.45, 2.75) is 136 Å². The van der Waals surface area contributed by atoms with Crippen LogP contribution in [-0.2, 0) is 95.6 Å². The van der Waals surface area contributed by atoms with Gasteiger partial charge in [-0.15, -0.1) is 0 Å². The Morgan fingerprint density at radius 1 is 0.437 bits per heavy atom. The molecule has 0 aliphatic carbocycles. The van der Waals surface area contributed by atoms with Crippen molar-refractivity contribution in [3.8, 4) is 0 Å². The van der Waals surface area contributed by atoms with Crippen LogP contribution in [0.15, 0.2) is 155 Å². The second kappa shape index (κ2) is 25.3. The average molecular weight is 1280 g/mol. The Labute approximate surface area is 523 Å². The van der Waals surface area contributed by atoms with Crippen molar-refractivity contribution in [3.05, 3.63) is 201 Å². The highest BCUT2D eigenvalue weighted by atomic mass is 32.2. The zero-order chi connectivity index (χ0) is 64.8. The molecule has 1 N–H and O–H groups in total. The largest absolute Gasteiger partial charge is 0.341 e. The normalized spacial score (nSPS) is 23.2. The molecule has 0 aromatic heterocycles. The topological polar surface area (TPSA) is 199 Å². The van der Waals surface area contributed by atoms with Gasteiger partial charge >= 0.3 is 0 Å². The summed E-state index contributed by atoms with van der Waals surface area (Å²) in [5.74, 6) is -0.412. The Bertz CT molecular complexity index is 3920. The molecule has 6 aliphatic rings. The predicted molar refractivity (Wildman–Crippen MR) is 349 cm³/mol. The second-order valence-electron chi connectivity index (χ2n) is 26.3. The number of nitrogens with one attached hydrogen (secondary N) is 1. The lowest BCUT2D eigenvalue weighted by Crippen LogP contribution is -2.48. The van der Waals surface area contributed by atoms with E-state index in [4.69, 9.17) is 0 Å². The first-order chi connectivity index (χ1) is 40.2. The van der Waals surface area contributed by atoms with Gasteiger partial charge in [-0.25, -0.2) is 51.3 Å². The van der Waals surface area contributed by atoms with Crippen molar-refractivity contribution in [2.75, 3.05) is 54.9 Å². The van der Waals surface area contributed by atoms with E-state index in [1.54, 1.807) is 83.1 Å². The first-order valence-electron chi connectivity index (χ1n) is 28.7. The maximum absolute atomic E-state index is 12.1. The van der Waals surface area contributed by atoms with Crippen LogP contribution in [0.5, 0.6) is 0 Å². The molecule has 6 aromatic carbocycles. The number of hydrogen-bond donors (Lipinski definition) is 1. The molecule has 16 nitrogen and oxygen atoms in total. The number of hydrogen-bond acceptors (Lipinski definition) is 10. The fourth-order valence-corrected chi connectivity index (χ4v) is 19.5. The molecule has 12 rings (SSSR count). The molecule has 0 saturated carbocycles. The van der Waals surface area contributed by atoms with E-state index in [0.717, 1.165) is 46.8 Å². The Kier molecular flexibility index (Phi) is 20.0. The Morgan fingerprint density at radius 2 is 0.885 bits per heavy atom. The molecule has 6 aromatic rings. The molecule has 0 bridgehead atoms. The summed E-state index contributed by atoms with van der Waals surface area (Å²) in [5, 5.41) is 0. The van der Waals surface area contributed by atoms with Crippen LogP contribution in [0.3, 0.4) is 0 Å². The van der Waals surface area contributed by atoms with Crippen molar-refractivity contribution in [2.24, 2.45) is 0 Å². The highest BCUT2D eigenvalue weighted by Crippen LogP contribution is 2.41. The van der Waals surface area contributed by atoms with Gasteiger partial charge in [0.25, 0.3) is 11.8 Å². The maximum atomic E-state index is 12.1. The molecule has 2 unspecified atom stereocenters. The van der Waals surface area contributed by atoms with Crippen molar-refractivity contribution in [1.29, 1.82) is 0 Å². The van der Waals surface area contributed by atoms with Gasteiger partial charge in [0.15, 0.2) is 0 Å². The summed E-state index contributed by atoms with van der Waals surface area (Å²) in [6.07, 6.45) is 0. The minimum Gasteiger partial charge on any atom is -0.341 e.